The minimum absolute atomic E-state index is 0.824. The van der Waals surface area contributed by atoms with Gasteiger partial charge in [0.1, 0.15) is 33.5 Å². The fraction of sp³-hybridized carbons (Fsp3) is 0. The molecule has 4 nitrogen and oxygen atoms in total. The van der Waals surface area contributed by atoms with Crippen molar-refractivity contribution in [3.05, 3.63) is 188 Å². The van der Waals surface area contributed by atoms with Crippen molar-refractivity contribution >= 4 is 93.7 Å². The highest BCUT2D eigenvalue weighted by Crippen LogP contribution is 2.44. The second-order valence-electron chi connectivity index (χ2n) is 14.5. The van der Waals surface area contributed by atoms with Crippen LogP contribution in [0.4, 0.5) is 17.1 Å². The molecule has 4 heteroatoms. The molecular formula is C52H31NO3. The van der Waals surface area contributed by atoms with Gasteiger partial charge in [-0.25, -0.2) is 0 Å². The van der Waals surface area contributed by atoms with Crippen LogP contribution in [0.1, 0.15) is 0 Å². The molecule has 0 N–H and O–H groups in total. The quantitative estimate of drug-likeness (QED) is 0.178. The molecule has 0 aliphatic rings. The lowest BCUT2D eigenvalue weighted by Gasteiger charge is -2.26. The van der Waals surface area contributed by atoms with Crippen LogP contribution in [-0.2, 0) is 0 Å². The van der Waals surface area contributed by atoms with Gasteiger partial charge >= 0.3 is 0 Å². The third kappa shape index (κ3) is 4.73. The van der Waals surface area contributed by atoms with Gasteiger partial charge in [-0.15, -0.1) is 0 Å². The number of hydrogen-bond donors (Lipinski definition) is 0. The van der Waals surface area contributed by atoms with Gasteiger partial charge in [0.2, 0.25) is 0 Å². The van der Waals surface area contributed by atoms with Gasteiger partial charge in [0.15, 0.2) is 0 Å². The summed E-state index contributed by atoms with van der Waals surface area (Å²) in [5.41, 5.74) is 12.6. The van der Waals surface area contributed by atoms with E-state index in [2.05, 4.69) is 163 Å². The van der Waals surface area contributed by atoms with Crippen LogP contribution in [0, 0.1) is 0 Å². The van der Waals surface area contributed by atoms with Crippen molar-refractivity contribution in [3.63, 3.8) is 0 Å². The van der Waals surface area contributed by atoms with Crippen molar-refractivity contribution in [2.45, 2.75) is 0 Å². The summed E-state index contributed by atoms with van der Waals surface area (Å²) in [5, 5.41) is 8.89. The fourth-order valence-corrected chi connectivity index (χ4v) is 8.58. The fourth-order valence-electron chi connectivity index (χ4n) is 8.58. The molecule has 9 aromatic carbocycles. The molecule has 3 aromatic heterocycles. The van der Waals surface area contributed by atoms with Gasteiger partial charge in [0.05, 0.1) is 5.39 Å². The van der Waals surface area contributed by atoms with Gasteiger partial charge in [-0.3, -0.25) is 0 Å². The van der Waals surface area contributed by atoms with Crippen molar-refractivity contribution in [1.82, 2.24) is 0 Å². The first-order chi connectivity index (χ1) is 27.7. The topological polar surface area (TPSA) is 42.7 Å². The summed E-state index contributed by atoms with van der Waals surface area (Å²) in [6.07, 6.45) is 0. The predicted molar refractivity (Wildman–Crippen MR) is 231 cm³/mol. The van der Waals surface area contributed by atoms with Gasteiger partial charge < -0.3 is 18.2 Å². The van der Waals surface area contributed by atoms with Crippen molar-refractivity contribution in [3.8, 4) is 22.3 Å². The number of anilines is 3. The monoisotopic (exact) mass is 717 g/mol. The normalized spacial score (nSPS) is 11.9. The van der Waals surface area contributed by atoms with E-state index in [1.165, 1.54) is 16.3 Å². The Morgan fingerprint density at radius 1 is 0.304 bits per heavy atom. The molecule has 56 heavy (non-hydrogen) atoms. The maximum atomic E-state index is 6.86. The summed E-state index contributed by atoms with van der Waals surface area (Å²) in [4.78, 5) is 2.31. The molecule has 0 spiro atoms. The van der Waals surface area contributed by atoms with Crippen LogP contribution < -0.4 is 4.90 Å². The molecule has 0 unspecified atom stereocenters. The van der Waals surface area contributed by atoms with E-state index >= 15 is 0 Å². The van der Waals surface area contributed by atoms with Gasteiger partial charge in [-0.2, -0.15) is 0 Å². The average molecular weight is 718 g/mol. The number of fused-ring (bicyclic) bond motifs is 11. The maximum absolute atomic E-state index is 6.86. The number of furan rings is 3. The predicted octanol–water partition coefficient (Wildman–Crippen LogP) is 15.3. The Hall–Kier alpha value is -7.56. The molecule has 12 aromatic rings. The largest absolute Gasteiger partial charge is 0.456 e. The molecule has 0 aliphatic carbocycles. The molecule has 3 heterocycles. The third-order valence-electron chi connectivity index (χ3n) is 11.2. The Balaban J connectivity index is 1.02. The van der Waals surface area contributed by atoms with Gasteiger partial charge in [0.25, 0.3) is 0 Å². The molecule has 0 fully saturated rings. The van der Waals surface area contributed by atoms with Crippen molar-refractivity contribution in [2.75, 3.05) is 4.90 Å². The second kappa shape index (κ2) is 12.0. The Kier molecular flexibility index (Phi) is 6.60. The summed E-state index contributed by atoms with van der Waals surface area (Å²) < 4.78 is 19.5. The van der Waals surface area contributed by atoms with E-state index in [4.69, 9.17) is 13.3 Å². The van der Waals surface area contributed by atoms with Gasteiger partial charge in [-0.1, -0.05) is 115 Å². The summed E-state index contributed by atoms with van der Waals surface area (Å²) in [6.45, 7) is 0. The van der Waals surface area contributed by atoms with E-state index in [-0.39, 0.29) is 0 Å². The summed E-state index contributed by atoms with van der Waals surface area (Å²) in [5.74, 6) is 0. The Morgan fingerprint density at radius 2 is 0.946 bits per heavy atom. The van der Waals surface area contributed by atoms with E-state index < -0.39 is 0 Å². The maximum Gasteiger partial charge on any atom is 0.147 e. The molecule has 0 saturated carbocycles. The molecule has 12 rings (SSSR count). The van der Waals surface area contributed by atoms with E-state index in [1.807, 2.05) is 30.3 Å². The molecule has 262 valence electrons. The lowest BCUT2D eigenvalue weighted by Crippen LogP contribution is -2.10. The van der Waals surface area contributed by atoms with E-state index in [0.717, 1.165) is 99.6 Å². The van der Waals surface area contributed by atoms with E-state index in [0.29, 0.717) is 0 Å². The first-order valence-corrected chi connectivity index (χ1v) is 18.9. The summed E-state index contributed by atoms with van der Waals surface area (Å²) in [6, 6.07) is 66.2. The average Bonchev–Trinajstić information content (AvgIpc) is 3.95. The van der Waals surface area contributed by atoms with Gasteiger partial charge in [-0.05, 0) is 94.2 Å². The summed E-state index contributed by atoms with van der Waals surface area (Å²) in [7, 11) is 0. The first kappa shape index (κ1) is 30.9. The highest BCUT2D eigenvalue weighted by atomic mass is 16.3. The standard InChI is InChI=1S/C52H31NO3/c1-2-10-34-29-35(20-19-32(34)9-1)33-21-23-37(24-22-33)53(39-25-26-42-41-13-3-5-17-46(41)55-49(42)31-39)38-12-7-11-36(30-38)40-15-8-16-43-44-27-28-48-50(52(44)56-51(40)43)45-14-4-6-18-47(45)54-48/h1-31H. The van der Waals surface area contributed by atoms with Crippen LogP contribution >= 0.6 is 0 Å². The van der Waals surface area contributed by atoms with Crippen LogP contribution in [0.5, 0.6) is 0 Å². The van der Waals surface area contributed by atoms with Crippen molar-refractivity contribution in [1.29, 1.82) is 0 Å². The van der Waals surface area contributed by atoms with Crippen LogP contribution in [-0.4, -0.2) is 0 Å². The molecule has 0 aliphatic heterocycles. The highest BCUT2D eigenvalue weighted by molar-refractivity contribution is 6.23. The van der Waals surface area contributed by atoms with Crippen LogP contribution in [0.15, 0.2) is 201 Å². The number of para-hydroxylation sites is 3. The van der Waals surface area contributed by atoms with Crippen LogP contribution in [0.25, 0.3) is 98.8 Å². The molecule has 0 saturated heterocycles. The van der Waals surface area contributed by atoms with Gasteiger partial charge in [0, 0.05) is 55.6 Å². The minimum atomic E-state index is 0.824. The Labute approximate surface area is 321 Å². The molecule has 0 radical (unpaired) electrons. The SMILES string of the molecule is c1cc(-c2cccc3c2oc2c3ccc3oc4ccccc4c32)cc(N(c2ccc(-c3ccc4ccccc4c3)cc2)c2ccc3c(c2)oc2ccccc23)c1. The molecule has 0 amide bonds. The van der Waals surface area contributed by atoms with Crippen molar-refractivity contribution in [2.24, 2.45) is 0 Å². The van der Waals surface area contributed by atoms with E-state index in [1.54, 1.807) is 0 Å². The summed E-state index contributed by atoms with van der Waals surface area (Å²) >= 11 is 0. The smallest absolute Gasteiger partial charge is 0.147 e. The Morgan fingerprint density at radius 3 is 1.84 bits per heavy atom. The molecular weight excluding hydrogens is 687 g/mol. The number of hydrogen-bond acceptors (Lipinski definition) is 4. The zero-order valence-electron chi connectivity index (χ0n) is 30.1. The third-order valence-corrected chi connectivity index (χ3v) is 11.2. The second-order valence-corrected chi connectivity index (χ2v) is 14.5. The zero-order valence-corrected chi connectivity index (χ0v) is 30.1. The first-order valence-electron chi connectivity index (χ1n) is 18.9. The molecule has 0 bridgehead atoms. The van der Waals surface area contributed by atoms with Crippen molar-refractivity contribution < 1.29 is 13.3 Å². The van der Waals surface area contributed by atoms with Crippen LogP contribution in [0.2, 0.25) is 0 Å². The minimum Gasteiger partial charge on any atom is -0.456 e. The molecule has 0 atom stereocenters. The number of rotatable bonds is 5. The number of benzene rings is 9. The highest BCUT2D eigenvalue weighted by Gasteiger charge is 2.20. The lowest BCUT2D eigenvalue weighted by molar-refractivity contribution is 0.663. The lowest BCUT2D eigenvalue weighted by atomic mass is 10.00. The number of nitrogens with zero attached hydrogens (tertiary/aromatic N) is 1. The van der Waals surface area contributed by atoms with Crippen LogP contribution in [0.3, 0.4) is 0 Å². The van der Waals surface area contributed by atoms with E-state index in [9.17, 15) is 0 Å². The Bertz CT molecular complexity index is 3490. The zero-order chi connectivity index (χ0) is 36.7.